The van der Waals surface area contributed by atoms with Crippen molar-refractivity contribution < 1.29 is 4.39 Å². The van der Waals surface area contributed by atoms with E-state index < -0.39 is 11.4 Å². The van der Waals surface area contributed by atoms with Crippen molar-refractivity contribution in [3.63, 3.8) is 0 Å². The van der Waals surface area contributed by atoms with E-state index in [0.29, 0.717) is 16.5 Å². The fourth-order valence-electron chi connectivity index (χ4n) is 2.79. The molecule has 0 fully saturated rings. The maximum absolute atomic E-state index is 14.4. The van der Waals surface area contributed by atoms with Crippen LogP contribution in [0.5, 0.6) is 0 Å². The third kappa shape index (κ3) is 1.92. The van der Waals surface area contributed by atoms with Gasteiger partial charge in [0.05, 0.1) is 10.6 Å². The molecular formula is C15H12BrClFN. The number of halogens is 3. The van der Waals surface area contributed by atoms with Crippen LogP contribution in [0.15, 0.2) is 40.9 Å². The smallest absolute Gasteiger partial charge is 0.148 e. The molecule has 1 aliphatic rings. The maximum Gasteiger partial charge on any atom is 0.148 e. The van der Waals surface area contributed by atoms with Gasteiger partial charge in [0.25, 0.3) is 0 Å². The minimum atomic E-state index is -0.787. The van der Waals surface area contributed by atoms with E-state index in [9.17, 15) is 4.39 Å². The van der Waals surface area contributed by atoms with Crippen molar-refractivity contribution in [2.45, 2.75) is 18.4 Å². The van der Waals surface area contributed by atoms with Crippen LogP contribution in [-0.2, 0) is 12.0 Å². The summed E-state index contributed by atoms with van der Waals surface area (Å²) in [6.45, 7) is 0. The van der Waals surface area contributed by atoms with Gasteiger partial charge in [-0.1, -0.05) is 41.9 Å². The van der Waals surface area contributed by atoms with Crippen LogP contribution in [0.2, 0.25) is 5.02 Å². The summed E-state index contributed by atoms with van der Waals surface area (Å²) < 4.78 is 15.0. The Morgan fingerprint density at radius 3 is 2.68 bits per heavy atom. The molecule has 3 rings (SSSR count). The van der Waals surface area contributed by atoms with Crippen LogP contribution in [0.4, 0.5) is 4.39 Å². The summed E-state index contributed by atoms with van der Waals surface area (Å²) in [5.41, 5.74) is 8.35. The van der Waals surface area contributed by atoms with Crippen LogP contribution in [0, 0.1) is 5.82 Å². The number of aryl methyl sites for hydroxylation is 1. The van der Waals surface area contributed by atoms with Gasteiger partial charge in [-0.3, -0.25) is 0 Å². The molecule has 0 heterocycles. The number of nitrogens with two attached hydrogens (primary N) is 1. The van der Waals surface area contributed by atoms with Gasteiger partial charge < -0.3 is 5.73 Å². The highest BCUT2D eigenvalue weighted by Crippen LogP contribution is 2.42. The fraction of sp³-hybridized carbons (Fsp3) is 0.200. The van der Waals surface area contributed by atoms with Gasteiger partial charge in [-0.25, -0.2) is 4.39 Å². The molecule has 4 heteroatoms. The SMILES string of the molecule is NC1(c2ccc(Br)c(Cl)c2F)CCc2ccccc21. The van der Waals surface area contributed by atoms with Crippen LogP contribution in [0.1, 0.15) is 23.1 Å². The number of hydrogen-bond donors (Lipinski definition) is 1. The minimum Gasteiger partial charge on any atom is -0.318 e. The molecule has 1 unspecified atom stereocenters. The average Bonchev–Trinajstić information content (AvgIpc) is 2.75. The second-order valence-electron chi connectivity index (χ2n) is 4.85. The molecule has 1 atom stereocenters. The zero-order chi connectivity index (χ0) is 13.6. The van der Waals surface area contributed by atoms with Gasteiger partial charge in [0.2, 0.25) is 0 Å². The van der Waals surface area contributed by atoms with Crippen LogP contribution >= 0.6 is 27.5 Å². The third-order valence-corrected chi connectivity index (χ3v) is 5.06. The van der Waals surface area contributed by atoms with Gasteiger partial charge in [0, 0.05) is 10.0 Å². The quantitative estimate of drug-likeness (QED) is 0.766. The number of benzene rings is 2. The molecule has 0 bridgehead atoms. The van der Waals surface area contributed by atoms with E-state index in [1.54, 1.807) is 12.1 Å². The van der Waals surface area contributed by atoms with Gasteiger partial charge in [-0.15, -0.1) is 0 Å². The Morgan fingerprint density at radius 1 is 1.16 bits per heavy atom. The molecule has 1 nitrogen and oxygen atoms in total. The highest BCUT2D eigenvalue weighted by molar-refractivity contribution is 9.10. The summed E-state index contributed by atoms with van der Waals surface area (Å²) in [5.74, 6) is -0.435. The van der Waals surface area contributed by atoms with E-state index in [1.807, 2.05) is 24.3 Å². The summed E-state index contributed by atoms with van der Waals surface area (Å²) >= 11 is 9.20. The first-order valence-electron chi connectivity index (χ1n) is 6.05. The Kier molecular flexibility index (Phi) is 3.16. The standard InChI is InChI=1S/C15H12BrClFN/c16-12-6-5-11(14(18)13(12)17)15(19)8-7-9-3-1-2-4-10(9)15/h1-6H,7-8,19H2. The second-order valence-corrected chi connectivity index (χ2v) is 6.08. The predicted molar refractivity (Wildman–Crippen MR) is 78.8 cm³/mol. The molecule has 0 aromatic heterocycles. The normalized spacial score (nSPS) is 21.5. The van der Waals surface area contributed by atoms with Crippen molar-refractivity contribution in [1.29, 1.82) is 0 Å². The molecule has 1 aliphatic carbocycles. The van der Waals surface area contributed by atoms with E-state index in [2.05, 4.69) is 15.9 Å². The largest absolute Gasteiger partial charge is 0.318 e. The first-order valence-corrected chi connectivity index (χ1v) is 7.22. The zero-order valence-electron chi connectivity index (χ0n) is 10.1. The van der Waals surface area contributed by atoms with Gasteiger partial charge in [0.1, 0.15) is 5.82 Å². The first-order chi connectivity index (χ1) is 9.04. The number of rotatable bonds is 1. The van der Waals surface area contributed by atoms with Gasteiger partial charge in [-0.05, 0) is 46.0 Å². The van der Waals surface area contributed by atoms with Gasteiger partial charge in [-0.2, -0.15) is 0 Å². The van der Waals surface area contributed by atoms with Crippen molar-refractivity contribution in [2.24, 2.45) is 5.73 Å². The van der Waals surface area contributed by atoms with E-state index >= 15 is 0 Å². The van der Waals surface area contributed by atoms with E-state index in [1.165, 1.54) is 5.56 Å². The molecule has 2 aromatic rings. The lowest BCUT2D eigenvalue weighted by Gasteiger charge is -2.27. The highest BCUT2D eigenvalue weighted by atomic mass is 79.9. The molecule has 0 aliphatic heterocycles. The Morgan fingerprint density at radius 2 is 1.89 bits per heavy atom. The van der Waals surface area contributed by atoms with Crippen molar-refractivity contribution in [3.05, 3.63) is 68.4 Å². The highest BCUT2D eigenvalue weighted by Gasteiger charge is 2.38. The topological polar surface area (TPSA) is 26.0 Å². The van der Waals surface area contributed by atoms with Crippen molar-refractivity contribution in [2.75, 3.05) is 0 Å². The van der Waals surface area contributed by atoms with E-state index in [0.717, 1.165) is 12.0 Å². The summed E-state index contributed by atoms with van der Waals surface area (Å²) in [5, 5.41) is 0.0895. The second kappa shape index (κ2) is 4.58. The van der Waals surface area contributed by atoms with E-state index in [-0.39, 0.29) is 5.02 Å². The molecule has 0 saturated heterocycles. The van der Waals surface area contributed by atoms with Crippen molar-refractivity contribution >= 4 is 27.5 Å². The predicted octanol–water partition coefficient (Wildman–Crippen LogP) is 4.39. The lowest BCUT2D eigenvalue weighted by Crippen LogP contribution is -2.36. The van der Waals surface area contributed by atoms with Crippen LogP contribution < -0.4 is 5.73 Å². The first kappa shape index (κ1) is 13.1. The molecule has 2 aromatic carbocycles. The molecule has 0 saturated carbocycles. The van der Waals surface area contributed by atoms with Gasteiger partial charge >= 0.3 is 0 Å². The summed E-state index contributed by atoms with van der Waals surface area (Å²) in [6.07, 6.45) is 1.56. The minimum absolute atomic E-state index is 0.0895. The lowest BCUT2D eigenvalue weighted by molar-refractivity contribution is 0.491. The molecule has 0 amide bonds. The van der Waals surface area contributed by atoms with Crippen LogP contribution in [0.25, 0.3) is 0 Å². The van der Waals surface area contributed by atoms with E-state index in [4.69, 9.17) is 17.3 Å². The van der Waals surface area contributed by atoms with Crippen molar-refractivity contribution in [1.82, 2.24) is 0 Å². The summed E-state index contributed by atoms with van der Waals surface area (Å²) in [7, 11) is 0. The molecule has 98 valence electrons. The molecule has 2 N–H and O–H groups in total. The monoisotopic (exact) mass is 339 g/mol. The Labute approximate surface area is 124 Å². The Balaban J connectivity index is 2.21. The van der Waals surface area contributed by atoms with Crippen molar-refractivity contribution in [3.8, 4) is 0 Å². The number of hydrogen-bond acceptors (Lipinski definition) is 1. The van der Waals surface area contributed by atoms with Crippen LogP contribution in [-0.4, -0.2) is 0 Å². The maximum atomic E-state index is 14.4. The fourth-order valence-corrected chi connectivity index (χ4v) is 3.26. The number of fused-ring (bicyclic) bond motifs is 1. The zero-order valence-corrected chi connectivity index (χ0v) is 12.4. The Hall–Kier alpha value is -0.900. The van der Waals surface area contributed by atoms with Crippen LogP contribution in [0.3, 0.4) is 0 Å². The molecule has 0 spiro atoms. The lowest BCUT2D eigenvalue weighted by atomic mass is 9.85. The third-order valence-electron chi connectivity index (χ3n) is 3.80. The molecular weight excluding hydrogens is 329 g/mol. The summed E-state index contributed by atoms with van der Waals surface area (Å²) in [4.78, 5) is 0. The summed E-state index contributed by atoms with van der Waals surface area (Å²) in [6, 6.07) is 11.4. The average molecular weight is 341 g/mol. The molecule has 19 heavy (non-hydrogen) atoms. The molecule has 0 radical (unpaired) electrons. The van der Waals surface area contributed by atoms with Gasteiger partial charge in [0.15, 0.2) is 0 Å². The Bertz CT molecular complexity index is 659.